The molecule has 0 aliphatic rings. The lowest BCUT2D eigenvalue weighted by molar-refractivity contribution is -0.150. The van der Waals surface area contributed by atoms with E-state index in [-0.39, 0.29) is 56.4 Å². The molecular formula is C47H56N2O7. The molecule has 0 aliphatic carbocycles. The van der Waals surface area contributed by atoms with Gasteiger partial charge in [-0.1, -0.05) is 115 Å². The van der Waals surface area contributed by atoms with Gasteiger partial charge in [0.25, 0.3) is 0 Å². The van der Waals surface area contributed by atoms with Crippen LogP contribution < -0.4 is 15.4 Å². The SMILES string of the molecule is C=CCCCC(Cc1ccccc1)C(=O)OCC(COCc1ccccc1)NC(=O)C(CC=C)CC(=O)NC(CO)Cc1ccc(OCc2ccccc2)cc1. The summed E-state index contributed by atoms with van der Waals surface area (Å²) in [7, 11) is 0. The Balaban J connectivity index is 1.34. The van der Waals surface area contributed by atoms with Crippen LogP contribution in [0.4, 0.5) is 0 Å². The second-order valence-electron chi connectivity index (χ2n) is 13.9. The van der Waals surface area contributed by atoms with Crippen LogP contribution in [-0.4, -0.2) is 54.8 Å². The highest BCUT2D eigenvalue weighted by molar-refractivity contribution is 5.86. The van der Waals surface area contributed by atoms with Gasteiger partial charge in [0.2, 0.25) is 11.8 Å². The smallest absolute Gasteiger partial charge is 0.309 e. The number of nitrogens with one attached hydrogen (secondary N) is 2. The minimum absolute atomic E-state index is 0.0867. The number of rotatable bonds is 26. The van der Waals surface area contributed by atoms with E-state index in [4.69, 9.17) is 14.2 Å². The van der Waals surface area contributed by atoms with Crippen molar-refractivity contribution in [3.63, 3.8) is 0 Å². The molecule has 56 heavy (non-hydrogen) atoms. The Bertz CT molecular complexity index is 1750. The molecule has 2 amide bonds. The first kappa shape index (κ1) is 43.2. The van der Waals surface area contributed by atoms with Crippen LogP contribution in [0.2, 0.25) is 0 Å². The van der Waals surface area contributed by atoms with Gasteiger partial charge in [0.05, 0.1) is 43.7 Å². The molecule has 0 bridgehead atoms. The fourth-order valence-corrected chi connectivity index (χ4v) is 6.26. The fourth-order valence-electron chi connectivity index (χ4n) is 6.26. The number of amides is 2. The predicted octanol–water partition coefficient (Wildman–Crippen LogP) is 7.33. The van der Waals surface area contributed by atoms with Crippen molar-refractivity contribution in [1.29, 1.82) is 0 Å². The van der Waals surface area contributed by atoms with E-state index < -0.39 is 18.0 Å². The van der Waals surface area contributed by atoms with Gasteiger partial charge in [-0.15, -0.1) is 13.2 Å². The monoisotopic (exact) mass is 760 g/mol. The Morgan fingerprint density at radius 3 is 1.88 bits per heavy atom. The van der Waals surface area contributed by atoms with Gasteiger partial charge in [0, 0.05) is 6.42 Å². The Labute approximate surface area is 331 Å². The normalized spacial score (nSPS) is 13.0. The van der Waals surface area contributed by atoms with E-state index in [1.54, 1.807) is 6.08 Å². The molecule has 0 aromatic heterocycles. The number of unbranched alkanes of at least 4 members (excludes halogenated alkanes) is 1. The lowest BCUT2D eigenvalue weighted by Gasteiger charge is -2.24. The van der Waals surface area contributed by atoms with Crippen molar-refractivity contribution < 1.29 is 33.7 Å². The fraction of sp³-hybridized carbons (Fsp3) is 0.340. The molecule has 4 unspecified atom stereocenters. The van der Waals surface area contributed by atoms with Crippen molar-refractivity contribution in [2.24, 2.45) is 11.8 Å². The van der Waals surface area contributed by atoms with Gasteiger partial charge in [-0.3, -0.25) is 14.4 Å². The van der Waals surface area contributed by atoms with Gasteiger partial charge >= 0.3 is 5.97 Å². The number of carbonyl (C=O) groups excluding carboxylic acids is 3. The molecule has 0 saturated heterocycles. The van der Waals surface area contributed by atoms with Crippen molar-refractivity contribution >= 4 is 17.8 Å². The van der Waals surface area contributed by atoms with Crippen LogP contribution in [0.1, 0.15) is 54.4 Å². The standard InChI is InChI=1S/C47H56N2O7/c1-3-5-9-23-41(28-36-17-10-6-11-18-36)47(53)56-35-43(34-54-32-38-19-12-7-13-20-38)49-46(52)40(16-4-2)30-45(51)48-42(31-50)29-37-24-26-44(27-25-37)55-33-39-21-14-8-15-22-39/h3-4,6-8,10-15,17-22,24-27,40-43,50H,1-2,5,9,16,23,28-35H2,(H,48,51)(H,49,52). The van der Waals surface area contributed by atoms with Crippen LogP contribution in [0.3, 0.4) is 0 Å². The molecule has 9 heteroatoms. The molecule has 0 aliphatic heterocycles. The number of hydrogen-bond donors (Lipinski definition) is 3. The molecule has 3 N–H and O–H groups in total. The summed E-state index contributed by atoms with van der Waals surface area (Å²) < 4.78 is 17.7. The summed E-state index contributed by atoms with van der Waals surface area (Å²) in [5, 5.41) is 16.0. The molecule has 0 spiro atoms. The van der Waals surface area contributed by atoms with Crippen LogP contribution in [0.5, 0.6) is 5.75 Å². The Morgan fingerprint density at radius 1 is 0.661 bits per heavy atom. The molecular weight excluding hydrogens is 705 g/mol. The third-order valence-electron chi connectivity index (χ3n) is 9.32. The van der Waals surface area contributed by atoms with Crippen molar-refractivity contribution in [3.8, 4) is 5.75 Å². The zero-order chi connectivity index (χ0) is 39.8. The summed E-state index contributed by atoms with van der Waals surface area (Å²) >= 11 is 0. The van der Waals surface area contributed by atoms with Gasteiger partial charge in [0.1, 0.15) is 19.0 Å². The van der Waals surface area contributed by atoms with Crippen LogP contribution in [-0.2, 0) is 49.9 Å². The minimum Gasteiger partial charge on any atom is -0.489 e. The number of aliphatic hydroxyl groups excluding tert-OH is 1. The molecule has 4 rings (SSSR count). The van der Waals surface area contributed by atoms with E-state index in [0.29, 0.717) is 32.5 Å². The highest BCUT2D eigenvalue weighted by atomic mass is 16.5. The van der Waals surface area contributed by atoms with Gasteiger partial charge in [0.15, 0.2) is 0 Å². The second kappa shape index (κ2) is 24.8. The first-order valence-corrected chi connectivity index (χ1v) is 19.4. The lowest BCUT2D eigenvalue weighted by atomic mass is 9.94. The summed E-state index contributed by atoms with van der Waals surface area (Å²) in [6.07, 6.45) is 6.72. The summed E-state index contributed by atoms with van der Waals surface area (Å²) in [5.41, 5.74) is 3.99. The zero-order valence-corrected chi connectivity index (χ0v) is 32.2. The maximum absolute atomic E-state index is 13.7. The highest BCUT2D eigenvalue weighted by Gasteiger charge is 2.27. The number of ether oxygens (including phenoxy) is 3. The number of hydrogen-bond acceptors (Lipinski definition) is 7. The number of allylic oxidation sites excluding steroid dienone is 2. The molecule has 4 atom stereocenters. The summed E-state index contributed by atoms with van der Waals surface area (Å²) in [4.78, 5) is 40.5. The van der Waals surface area contributed by atoms with Gasteiger partial charge in [-0.2, -0.15) is 0 Å². The quantitative estimate of drug-likeness (QED) is 0.0348. The summed E-state index contributed by atoms with van der Waals surface area (Å²) in [5.74, 6) is -1.49. The third-order valence-corrected chi connectivity index (χ3v) is 9.32. The van der Waals surface area contributed by atoms with E-state index in [2.05, 4.69) is 23.8 Å². The molecule has 9 nitrogen and oxygen atoms in total. The number of carbonyl (C=O) groups is 3. The second-order valence-corrected chi connectivity index (χ2v) is 13.9. The summed E-state index contributed by atoms with van der Waals surface area (Å²) in [6.45, 7) is 8.08. The number of esters is 1. The van der Waals surface area contributed by atoms with Crippen molar-refractivity contribution in [1.82, 2.24) is 10.6 Å². The molecule has 296 valence electrons. The van der Waals surface area contributed by atoms with Gasteiger partial charge in [-0.25, -0.2) is 0 Å². The first-order valence-electron chi connectivity index (χ1n) is 19.4. The maximum atomic E-state index is 13.7. The molecule has 0 heterocycles. The first-order chi connectivity index (χ1) is 27.4. The van der Waals surface area contributed by atoms with E-state index in [0.717, 1.165) is 40.8 Å². The summed E-state index contributed by atoms with van der Waals surface area (Å²) in [6, 6.07) is 35.7. The Kier molecular flexibility index (Phi) is 19.1. The predicted molar refractivity (Wildman–Crippen MR) is 220 cm³/mol. The lowest BCUT2D eigenvalue weighted by Crippen LogP contribution is -2.46. The highest BCUT2D eigenvalue weighted by Crippen LogP contribution is 2.19. The molecule has 4 aromatic rings. The Morgan fingerprint density at radius 2 is 1.27 bits per heavy atom. The van der Waals surface area contributed by atoms with Gasteiger partial charge < -0.3 is 30.0 Å². The number of aliphatic hydroxyl groups is 1. The van der Waals surface area contributed by atoms with Gasteiger partial charge in [-0.05, 0) is 72.9 Å². The topological polar surface area (TPSA) is 123 Å². The number of benzene rings is 4. The molecule has 0 saturated carbocycles. The third kappa shape index (κ3) is 16.1. The van der Waals surface area contributed by atoms with E-state index in [1.807, 2.05) is 121 Å². The zero-order valence-electron chi connectivity index (χ0n) is 32.2. The molecule has 4 aromatic carbocycles. The average Bonchev–Trinajstić information content (AvgIpc) is 3.22. The van der Waals surface area contributed by atoms with Crippen molar-refractivity contribution in [2.75, 3.05) is 19.8 Å². The average molecular weight is 761 g/mol. The largest absolute Gasteiger partial charge is 0.489 e. The maximum Gasteiger partial charge on any atom is 0.309 e. The van der Waals surface area contributed by atoms with Crippen LogP contribution >= 0.6 is 0 Å². The van der Waals surface area contributed by atoms with Crippen LogP contribution in [0.15, 0.2) is 141 Å². The minimum atomic E-state index is -0.745. The molecule has 0 radical (unpaired) electrons. The van der Waals surface area contributed by atoms with Crippen LogP contribution in [0.25, 0.3) is 0 Å². The molecule has 0 fully saturated rings. The van der Waals surface area contributed by atoms with Crippen LogP contribution in [0, 0.1) is 11.8 Å². The van der Waals surface area contributed by atoms with E-state index >= 15 is 0 Å². The van der Waals surface area contributed by atoms with Crippen molar-refractivity contribution in [3.05, 3.63) is 163 Å². The van der Waals surface area contributed by atoms with Crippen molar-refractivity contribution in [2.45, 2.75) is 70.2 Å². The Hall–Kier alpha value is -5.51. The van der Waals surface area contributed by atoms with E-state index in [9.17, 15) is 19.5 Å². The van der Waals surface area contributed by atoms with E-state index in [1.165, 1.54) is 0 Å².